The average Bonchev–Trinajstić information content (AvgIpc) is 2.63. The lowest BCUT2D eigenvalue weighted by Crippen LogP contribution is -2.35. The summed E-state index contributed by atoms with van der Waals surface area (Å²) >= 11 is 0. The molecular formula is C20H24N2O5S. The summed E-state index contributed by atoms with van der Waals surface area (Å²) in [7, 11) is -2.41. The van der Waals surface area contributed by atoms with Gasteiger partial charge in [0, 0.05) is 12.7 Å². The molecule has 0 aliphatic carbocycles. The van der Waals surface area contributed by atoms with E-state index in [1.165, 1.54) is 19.2 Å². The molecule has 7 nitrogen and oxygen atoms in total. The summed E-state index contributed by atoms with van der Waals surface area (Å²) in [5.74, 6) is -0.919. The van der Waals surface area contributed by atoms with Gasteiger partial charge in [-0.05, 0) is 56.7 Å². The number of amides is 1. The van der Waals surface area contributed by atoms with Crippen LogP contribution in [0.25, 0.3) is 0 Å². The van der Waals surface area contributed by atoms with Crippen LogP contribution >= 0.6 is 0 Å². The van der Waals surface area contributed by atoms with Crippen molar-refractivity contribution in [3.63, 3.8) is 0 Å². The quantitative estimate of drug-likeness (QED) is 0.717. The second kappa shape index (κ2) is 8.99. The molecule has 0 aromatic heterocycles. The van der Waals surface area contributed by atoms with Crippen molar-refractivity contribution in [3.8, 4) is 0 Å². The van der Waals surface area contributed by atoms with E-state index in [2.05, 4.69) is 5.32 Å². The van der Waals surface area contributed by atoms with Gasteiger partial charge in [0.15, 0.2) is 0 Å². The fourth-order valence-corrected chi connectivity index (χ4v) is 3.64. The normalized spacial score (nSPS) is 11.3. The Balaban J connectivity index is 2.07. The first-order valence-corrected chi connectivity index (χ1v) is 10.2. The molecule has 0 spiro atoms. The van der Waals surface area contributed by atoms with Crippen LogP contribution in [0, 0.1) is 13.8 Å². The maximum absolute atomic E-state index is 12.6. The Morgan fingerprint density at radius 1 is 1.07 bits per heavy atom. The third-order valence-electron chi connectivity index (χ3n) is 4.11. The fourth-order valence-electron chi connectivity index (χ4n) is 2.51. The standard InChI is InChI=1S/C20H24N2O5S/c1-5-27-20(24)16-8-11-18(15(3)12-16)21-19(23)13-22(4)28(25,26)17-9-6-14(2)7-10-17/h6-12H,5,13H2,1-4H3,(H,21,23). The highest BCUT2D eigenvalue weighted by Gasteiger charge is 2.23. The van der Waals surface area contributed by atoms with Crippen molar-refractivity contribution in [2.75, 3.05) is 25.5 Å². The Hall–Kier alpha value is -2.71. The van der Waals surface area contributed by atoms with Gasteiger partial charge in [-0.3, -0.25) is 4.79 Å². The summed E-state index contributed by atoms with van der Waals surface area (Å²) < 4.78 is 31.1. The molecule has 0 aliphatic rings. The molecule has 0 aliphatic heterocycles. The van der Waals surface area contributed by atoms with E-state index in [0.29, 0.717) is 16.8 Å². The van der Waals surface area contributed by atoms with Crippen LogP contribution in [0.15, 0.2) is 47.4 Å². The Morgan fingerprint density at radius 2 is 1.71 bits per heavy atom. The fraction of sp³-hybridized carbons (Fsp3) is 0.300. The minimum atomic E-state index is -3.77. The summed E-state index contributed by atoms with van der Waals surface area (Å²) in [6.45, 7) is 5.27. The van der Waals surface area contributed by atoms with Gasteiger partial charge in [0.1, 0.15) is 0 Å². The van der Waals surface area contributed by atoms with Crippen LogP contribution in [0.1, 0.15) is 28.4 Å². The number of hydrogen-bond acceptors (Lipinski definition) is 5. The molecule has 0 saturated carbocycles. The van der Waals surface area contributed by atoms with Crippen molar-refractivity contribution >= 4 is 27.6 Å². The number of esters is 1. The minimum Gasteiger partial charge on any atom is -0.462 e. The Kier molecular flexibility index (Phi) is 6.93. The summed E-state index contributed by atoms with van der Waals surface area (Å²) in [6, 6.07) is 11.2. The number of sulfonamides is 1. The summed E-state index contributed by atoms with van der Waals surface area (Å²) in [6.07, 6.45) is 0. The first-order valence-electron chi connectivity index (χ1n) is 8.75. The van der Waals surface area contributed by atoms with Crippen LogP contribution < -0.4 is 5.32 Å². The molecule has 0 bridgehead atoms. The number of likely N-dealkylation sites (N-methyl/N-ethyl adjacent to an activating group) is 1. The molecule has 2 aromatic carbocycles. The summed E-state index contributed by atoms with van der Waals surface area (Å²) in [4.78, 5) is 24.2. The lowest BCUT2D eigenvalue weighted by atomic mass is 10.1. The molecule has 28 heavy (non-hydrogen) atoms. The highest BCUT2D eigenvalue weighted by molar-refractivity contribution is 7.89. The van der Waals surface area contributed by atoms with Gasteiger partial charge in [-0.25, -0.2) is 13.2 Å². The number of rotatable bonds is 7. The zero-order valence-corrected chi connectivity index (χ0v) is 17.2. The van der Waals surface area contributed by atoms with Crippen molar-refractivity contribution in [2.24, 2.45) is 0 Å². The molecule has 0 heterocycles. The SMILES string of the molecule is CCOC(=O)c1ccc(NC(=O)CN(C)S(=O)(=O)c2ccc(C)cc2)c(C)c1. The van der Waals surface area contributed by atoms with Crippen LogP contribution in [0.2, 0.25) is 0 Å². The third kappa shape index (κ3) is 5.17. The molecular weight excluding hydrogens is 380 g/mol. The maximum Gasteiger partial charge on any atom is 0.338 e. The van der Waals surface area contributed by atoms with Gasteiger partial charge in [0.05, 0.1) is 23.6 Å². The van der Waals surface area contributed by atoms with Gasteiger partial charge >= 0.3 is 5.97 Å². The number of carbonyl (C=O) groups excluding carboxylic acids is 2. The molecule has 8 heteroatoms. The molecule has 1 N–H and O–H groups in total. The Bertz CT molecular complexity index is 969. The first kappa shape index (κ1) is 21.6. The predicted molar refractivity (Wildman–Crippen MR) is 107 cm³/mol. The minimum absolute atomic E-state index is 0.128. The molecule has 1 amide bonds. The van der Waals surface area contributed by atoms with E-state index in [-0.39, 0.29) is 18.0 Å². The van der Waals surface area contributed by atoms with Crippen LogP contribution in [0.3, 0.4) is 0 Å². The second-order valence-corrected chi connectivity index (χ2v) is 8.42. The molecule has 0 radical (unpaired) electrons. The smallest absolute Gasteiger partial charge is 0.338 e. The average molecular weight is 404 g/mol. The number of anilines is 1. The van der Waals surface area contributed by atoms with Crippen molar-refractivity contribution in [1.29, 1.82) is 0 Å². The molecule has 2 aromatic rings. The van der Waals surface area contributed by atoms with E-state index in [4.69, 9.17) is 4.74 Å². The highest BCUT2D eigenvalue weighted by atomic mass is 32.2. The van der Waals surface area contributed by atoms with Crippen molar-refractivity contribution in [1.82, 2.24) is 4.31 Å². The van der Waals surface area contributed by atoms with E-state index >= 15 is 0 Å². The van der Waals surface area contributed by atoms with Crippen LogP contribution in [0.5, 0.6) is 0 Å². The molecule has 0 unspecified atom stereocenters. The number of hydrogen-bond donors (Lipinski definition) is 1. The summed E-state index contributed by atoms with van der Waals surface area (Å²) in [5, 5.41) is 2.67. The monoisotopic (exact) mass is 404 g/mol. The molecule has 0 atom stereocenters. The van der Waals surface area contributed by atoms with E-state index in [1.807, 2.05) is 6.92 Å². The lowest BCUT2D eigenvalue weighted by Gasteiger charge is -2.17. The van der Waals surface area contributed by atoms with Crippen LogP contribution in [-0.4, -0.2) is 44.8 Å². The third-order valence-corrected chi connectivity index (χ3v) is 5.92. The van der Waals surface area contributed by atoms with Crippen molar-refractivity contribution < 1.29 is 22.7 Å². The van der Waals surface area contributed by atoms with Crippen molar-refractivity contribution in [3.05, 3.63) is 59.2 Å². The maximum atomic E-state index is 12.6. The predicted octanol–water partition coefficient (Wildman–Crippen LogP) is 2.74. The van der Waals surface area contributed by atoms with E-state index < -0.39 is 21.9 Å². The molecule has 2 rings (SSSR count). The summed E-state index contributed by atoms with van der Waals surface area (Å²) in [5.41, 5.74) is 2.50. The first-order chi connectivity index (χ1) is 13.1. The number of nitrogens with zero attached hydrogens (tertiary/aromatic N) is 1. The zero-order chi connectivity index (χ0) is 20.9. The molecule has 0 fully saturated rings. The zero-order valence-electron chi connectivity index (χ0n) is 16.4. The topological polar surface area (TPSA) is 92.8 Å². The van der Waals surface area contributed by atoms with Gasteiger partial charge in [-0.2, -0.15) is 4.31 Å². The van der Waals surface area contributed by atoms with Crippen molar-refractivity contribution in [2.45, 2.75) is 25.7 Å². The second-order valence-electron chi connectivity index (χ2n) is 6.37. The Labute approximate surface area is 165 Å². The van der Waals surface area contributed by atoms with Gasteiger partial charge in [0.2, 0.25) is 15.9 Å². The number of aryl methyl sites for hydroxylation is 2. The van der Waals surface area contributed by atoms with Crippen LogP contribution in [-0.2, 0) is 19.6 Å². The molecule has 150 valence electrons. The number of nitrogens with one attached hydrogen (secondary N) is 1. The van der Waals surface area contributed by atoms with E-state index in [9.17, 15) is 18.0 Å². The van der Waals surface area contributed by atoms with Gasteiger partial charge in [0.25, 0.3) is 0 Å². The molecule has 0 saturated heterocycles. The van der Waals surface area contributed by atoms with E-state index in [1.54, 1.807) is 44.2 Å². The lowest BCUT2D eigenvalue weighted by molar-refractivity contribution is -0.116. The van der Waals surface area contributed by atoms with Crippen LogP contribution in [0.4, 0.5) is 5.69 Å². The Morgan fingerprint density at radius 3 is 2.29 bits per heavy atom. The number of benzene rings is 2. The van der Waals surface area contributed by atoms with E-state index in [0.717, 1.165) is 9.87 Å². The van der Waals surface area contributed by atoms with Gasteiger partial charge < -0.3 is 10.1 Å². The van der Waals surface area contributed by atoms with Gasteiger partial charge in [-0.1, -0.05) is 17.7 Å². The number of carbonyl (C=O) groups is 2. The largest absolute Gasteiger partial charge is 0.462 e. The number of ether oxygens (including phenoxy) is 1. The highest BCUT2D eigenvalue weighted by Crippen LogP contribution is 2.18. The van der Waals surface area contributed by atoms with Gasteiger partial charge in [-0.15, -0.1) is 0 Å².